The van der Waals surface area contributed by atoms with Crippen molar-refractivity contribution in [1.82, 2.24) is 9.78 Å². The van der Waals surface area contributed by atoms with Crippen LogP contribution in [0.25, 0.3) is 0 Å². The molecule has 0 spiro atoms. The number of amides is 1. The maximum Gasteiger partial charge on any atom is 0.416 e. The van der Waals surface area contributed by atoms with Crippen LogP contribution in [0.15, 0.2) is 79.1 Å². The molecule has 0 bridgehead atoms. The number of hydrogen-bond donors (Lipinski definition) is 1. The first kappa shape index (κ1) is 23.9. The molecule has 0 aliphatic heterocycles. The molecule has 10 heteroatoms. The van der Waals surface area contributed by atoms with Gasteiger partial charge >= 0.3 is 6.18 Å². The summed E-state index contributed by atoms with van der Waals surface area (Å²) in [5.41, 5.74) is 0.905. The highest BCUT2D eigenvalue weighted by Crippen LogP contribution is 2.29. The number of halogens is 5. The number of nitrogens with one attached hydrogen (secondary N) is 1. The highest BCUT2D eigenvalue weighted by molar-refractivity contribution is 6.04. The third-order valence-electron chi connectivity index (χ3n) is 4.97. The van der Waals surface area contributed by atoms with Gasteiger partial charge in [-0.2, -0.15) is 18.3 Å². The van der Waals surface area contributed by atoms with Crippen LogP contribution < -0.4 is 10.1 Å². The summed E-state index contributed by atoms with van der Waals surface area (Å²) < 4.78 is 72.2. The van der Waals surface area contributed by atoms with E-state index in [4.69, 9.17) is 4.74 Å². The average Bonchev–Trinajstić information content (AvgIpc) is 3.25. The van der Waals surface area contributed by atoms with Crippen molar-refractivity contribution in [3.8, 4) is 5.75 Å². The van der Waals surface area contributed by atoms with Crippen LogP contribution in [0.5, 0.6) is 5.75 Å². The molecule has 0 aliphatic carbocycles. The third-order valence-corrected chi connectivity index (χ3v) is 4.97. The van der Waals surface area contributed by atoms with Crippen LogP contribution in [0.1, 0.15) is 27.0 Å². The van der Waals surface area contributed by atoms with E-state index in [-0.39, 0.29) is 18.9 Å². The standard InChI is InChI=1S/C25H18F5N3O2/c26-20-7-8-23(22(27)11-20)35-15-17-4-1-5-18(9-17)24(34)32-21-12-31-33(14-21)13-16-3-2-6-19(10-16)25(28,29)30/h1-12,14H,13,15H2,(H,32,34). The normalized spacial score (nSPS) is 11.3. The van der Waals surface area contributed by atoms with E-state index in [1.165, 1.54) is 29.2 Å². The van der Waals surface area contributed by atoms with Crippen LogP contribution in [-0.2, 0) is 19.3 Å². The second-order valence-corrected chi connectivity index (χ2v) is 7.64. The molecule has 4 rings (SSSR count). The van der Waals surface area contributed by atoms with E-state index in [0.717, 1.165) is 18.2 Å². The molecule has 3 aromatic carbocycles. The van der Waals surface area contributed by atoms with E-state index < -0.39 is 29.3 Å². The van der Waals surface area contributed by atoms with Gasteiger partial charge in [0.1, 0.15) is 12.4 Å². The Morgan fingerprint density at radius 3 is 2.51 bits per heavy atom. The molecular weight excluding hydrogens is 469 g/mol. The summed E-state index contributed by atoms with van der Waals surface area (Å²) in [6.07, 6.45) is -1.55. The number of aromatic nitrogens is 2. The van der Waals surface area contributed by atoms with Gasteiger partial charge in [0.2, 0.25) is 0 Å². The average molecular weight is 487 g/mol. The summed E-state index contributed by atoms with van der Waals surface area (Å²) in [5.74, 6) is -2.11. The number of rotatable bonds is 7. The molecule has 1 aromatic heterocycles. The largest absolute Gasteiger partial charge is 0.486 e. The zero-order valence-corrected chi connectivity index (χ0v) is 18.0. The number of nitrogens with zero attached hydrogens (tertiary/aromatic N) is 2. The molecule has 0 aliphatic rings. The fraction of sp³-hybridized carbons (Fsp3) is 0.120. The van der Waals surface area contributed by atoms with Gasteiger partial charge in [-0.25, -0.2) is 8.78 Å². The lowest BCUT2D eigenvalue weighted by Gasteiger charge is -2.09. The van der Waals surface area contributed by atoms with Crippen molar-refractivity contribution in [3.05, 3.63) is 113 Å². The van der Waals surface area contributed by atoms with Gasteiger partial charge in [0.25, 0.3) is 5.91 Å². The molecule has 0 fully saturated rings. The van der Waals surface area contributed by atoms with Crippen molar-refractivity contribution in [3.63, 3.8) is 0 Å². The van der Waals surface area contributed by atoms with E-state index in [9.17, 15) is 26.7 Å². The van der Waals surface area contributed by atoms with Gasteiger partial charge in [-0.1, -0.05) is 24.3 Å². The molecule has 180 valence electrons. The molecule has 4 aromatic rings. The predicted molar refractivity (Wildman–Crippen MR) is 118 cm³/mol. The quantitative estimate of drug-likeness (QED) is 0.323. The molecule has 0 radical (unpaired) electrons. The van der Waals surface area contributed by atoms with E-state index in [1.807, 2.05) is 0 Å². The van der Waals surface area contributed by atoms with Crippen molar-refractivity contribution in [2.24, 2.45) is 0 Å². The SMILES string of the molecule is O=C(Nc1cnn(Cc2cccc(C(F)(F)F)c2)c1)c1cccc(COc2ccc(F)cc2F)c1. The summed E-state index contributed by atoms with van der Waals surface area (Å²) >= 11 is 0. The summed E-state index contributed by atoms with van der Waals surface area (Å²) in [6, 6.07) is 14.3. The third kappa shape index (κ3) is 6.23. The number of carbonyl (C=O) groups is 1. The minimum absolute atomic E-state index is 0.0431. The number of carbonyl (C=O) groups excluding carboxylic acids is 1. The fourth-order valence-electron chi connectivity index (χ4n) is 3.31. The number of hydrogen-bond acceptors (Lipinski definition) is 3. The maximum atomic E-state index is 13.7. The van der Waals surface area contributed by atoms with Crippen molar-refractivity contribution in [2.45, 2.75) is 19.3 Å². The van der Waals surface area contributed by atoms with E-state index in [2.05, 4.69) is 10.4 Å². The molecule has 1 heterocycles. The first-order valence-corrected chi connectivity index (χ1v) is 10.3. The molecule has 35 heavy (non-hydrogen) atoms. The molecule has 0 saturated heterocycles. The van der Waals surface area contributed by atoms with Crippen LogP contribution in [0.2, 0.25) is 0 Å². The number of alkyl halides is 3. The predicted octanol–water partition coefficient (Wildman–Crippen LogP) is 6.06. The summed E-state index contributed by atoms with van der Waals surface area (Å²) in [5, 5.41) is 6.76. The minimum Gasteiger partial charge on any atom is -0.486 e. The smallest absolute Gasteiger partial charge is 0.416 e. The van der Waals surface area contributed by atoms with Crippen molar-refractivity contribution in [2.75, 3.05) is 5.32 Å². The molecule has 0 saturated carbocycles. The van der Waals surface area contributed by atoms with Crippen LogP contribution >= 0.6 is 0 Å². The Kier molecular flexibility index (Phi) is 6.81. The molecular formula is C25H18F5N3O2. The van der Waals surface area contributed by atoms with Crippen LogP contribution in [0, 0.1) is 11.6 Å². The summed E-state index contributed by atoms with van der Waals surface area (Å²) in [6.45, 7) is 0.0468. The number of benzene rings is 3. The van der Waals surface area contributed by atoms with Gasteiger partial charge in [0.15, 0.2) is 11.6 Å². The molecule has 1 N–H and O–H groups in total. The molecule has 0 unspecified atom stereocenters. The van der Waals surface area contributed by atoms with Crippen molar-refractivity contribution < 1.29 is 31.5 Å². The second kappa shape index (κ2) is 9.96. The number of ether oxygens (including phenoxy) is 1. The molecule has 5 nitrogen and oxygen atoms in total. The van der Waals surface area contributed by atoms with Gasteiger partial charge in [0, 0.05) is 17.8 Å². The Bertz CT molecular complexity index is 1350. The lowest BCUT2D eigenvalue weighted by Crippen LogP contribution is -2.12. The van der Waals surface area contributed by atoms with E-state index in [1.54, 1.807) is 30.3 Å². The van der Waals surface area contributed by atoms with Crippen LogP contribution in [0.3, 0.4) is 0 Å². The first-order valence-electron chi connectivity index (χ1n) is 10.3. The Hall–Kier alpha value is -4.21. The second-order valence-electron chi connectivity index (χ2n) is 7.64. The fourth-order valence-corrected chi connectivity index (χ4v) is 3.31. The highest BCUT2D eigenvalue weighted by Gasteiger charge is 2.30. The van der Waals surface area contributed by atoms with E-state index >= 15 is 0 Å². The molecule has 1 amide bonds. The lowest BCUT2D eigenvalue weighted by molar-refractivity contribution is -0.137. The first-order chi connectivity index (χ1) is 16.7. The zero-order chi connectivity index (χ0) is 25.0. The minimum atomic E-state index is -4.44. The number of anilines is 1. The van der Waals surface area contributed by atoms with Crippen LogP contribution in [-0.4, -0.2) is 15.7 Å². The monoisotopic (exact) mass is 487 g/mol. The van der Waals surface area contributed by atoms with Gasteiger partial charge in [-0.3, -0.25) is 9.48 Å². The van der Waals surface area contributed by atoms with Gasteiger partial charge in [-0.15, -0.1) is 0 Å². The van der Waals surface area contributed by atoms with Crippen molar-refractivity contribution in [1.29, 1.82) is 0 Å². The zero-order valence-electron chi connectivity index (χ0n) is 18.0. The van der Waals surface area contributed by atoms with Crippen LogP contribution in [0.4, 0.5) is 27.6 Å². The summed E-state index contributed by atoms with van der Waals surface area (Å²) in [7, 11) is 0. The highest BCUT2D eigenvalue weighted by atomic mass is 19.4. The maximum absolute atomic E-state index is 13.7. The molecule has 0 atom stereocenters. The topological polar surface area (TPSA) is 56.2 Å². The van der Waals surface area contributed by atoms with Gasteiger partial charge in [-0.05, 0) is 47.5 Å². The Balaban J connectivity index is 1.38. The Morgan fingerprint density at radius 1 is 0.971 bits per heavy atom. The summed E-state index contributed by atoms with van der Waals surface area (Å²) in [4.78, 5) is 12.6. The van der Waals surface area contributed by atoms with E-state index in [0.29, 0.717) is 28.4 Å². The van der Waals surface area contributed by atoms with Gasteiger partial charge in [0.05, 0.1) is 24.0 Å². The van der Waals surface area contributed by atoms with Gasteiger partial charge < -0.3 is 10.1 Å². The van der Waals surface area contributed by atoms with Crippen molar-refractivity contribution >= 4 is 11.6 Å². The Morgan fingerprint density at radius 2 is 1.74 bits per heavy atom. The Labute approximate surface area is 196 Å². The lowest BCUT2D eigenvalue weighted by atomic mass is 10.1.